The van der Waals surface area contributed by atoms with Gasteiger partial charge in [0.15, 0.2) is 0 Å². The van der Waals surface area contributed by atoms with Crippen molar-refractivity contribution in [2.24, 2.45) is 11.7 Å². The molecule has 0 aromatic carbocycles. The number of amides is 2. The monoisotopic (exact) mass is 259 g/mol. The van der Waals surface area contributed by atoms with E-state index in [1.54, 1.807) is 0 Å². The van der Waals surface area contributed by atoms with Gasteiger partial charge >= 0.3 is 0 Å². The van der Waals surface area contributed by atoms with Crippen molar-refractivity contribution in [3.05, 3.63) is 0 Å². The van der Waals surface area contributed by atoms with Gasteiger partial charge in [0.1, 0.15) is 0 Å². The van der Waals surface area contributed by atoms with Gasteiger partial charge in [-0.25, -0.2) is 0 Å². The lowest BCUT2D eigenvalue weighted by Crippen LogP contribution is -2.47. The molecule has 0 aromatic heterocycles. The summed E-state index contributed by atoms with van der Waals surface area (Å²) in [5.74, 6) is -0.502. The van der Waals surface area contributed by atoms with Gasteiger partial charge in [-0.3, -0.25) is 9.59 Å². The van der Waals surface area contributed by atoms with Gasteiger partial charge in [0.2, 0.25) is 11.8 Å². The van der Waals surface area contributed by atoms with Crippen molar-refractivity contribution in [2.75, 3.05) is 19.7 Å². The van der Waals surface area contributed by atoms with E-state index in [0.717, 1.165) is 0 Å². The largest absolute Gasteiger partial charge is 0.377 e. The minimum absolute atomic E-state index is 0.0486. The van der Waals surface area contributed by atoms with Crippen molar-refractivity contribution in [3.63, 3.8) is 0 Å². The fourth-order valence-corrected chi connectivity index (χ4v) is 1.14. The highest BCUT2D eigenvalue weighted by molar-refractivity contribution is 5.87. The van der Waals surface area contributed by atoms with Crippen LogP contribution in [0.15, 0.2) is 0 Å². The van der Waals surface area contributed by atoms with Crippen molar-refractivity contribution in [1.29, 1.82) is 0 Å². The standard InChI is InChI=1S/C12H25N3O3/c1-8(2)11(13)12(17)15-7-10(16)14-5-6-18-9(3)4/h8-9,11H,5-7,13H2,1-4H3,(H,14,16)(H,15,17)/t11-/m0/s1. The van der Waals surface area contributed by atoms with Crippen LogP contribution < -0.4 is 16.4 Å². The van der Waals surface area contributed by atoms with Crippen molar-refractivity contribution in [3.8, 4) is 0 Å². The second-order valence-corrected chi connectivity index (χ2v) is 4.76. The van der Waals surface area contributed by atoms with Crippen molar-refractivity contribution in [2.45, 2.75) is 39.8 Å². The maximum absolute atomic E-state index is 11.5. The summed E-state index contributed by atoms with van der Waals surface area (Å²) >= 11 is 0. The Kier molecular flexibility index (Phi) is 8.32. The van der Waals surface area contributed by atoms with Gasteiger partial charge < -0.3 is 21.1 Å². The van der Waals surface area contributed by atoms with Crippen molar-refractivity contribution >= 4 is 11.8 Å². The number of nitrogens with two attached hydrogens (primary N) is 1. The molecule has 0 saturated heterocycles. The van der Waals surface area contributed by atoms with E-state index < -0.39 is 6.04 Å². The predicted molar refractivity (Wildman–Crippen MR) is 69.9 cm³/mol. The Morgan fingerprint density at radius 3 is 2.28 bits per heavy atom. The molecule has 0 unspecified atom stereocenters. The number of hydrogen-bond donors (Lipinski definition) is 3. The Balaban J connectivity index is 3.67. The Morgan fingerprint density at radius 2 is 1.78 bits per heavy atom. The fraction of sp³-hybridized carbons (Fsp3) is 0.833. The number of nitrogens with one attached hydrogen (secondary N) is 2. The third-order valence-electron chi connectivity index (χ3n) is 2.32. The molecule has 4 N–H and O–H groups in total. The molecule has 0 saturated carbocycles. The summed E-state index contributed by atoms with van der Waals surface area (Å²) in [7, 11) is 0. The molecule has 6 heteroatoms. The second kappa shape index (κ2) is 8.88. The van der Waals surface area contributed by atoms with Gasteiger partial charge in [-0.2, -0.15) is 0 Å². The number of hydrogen-bond acceptors (Lipinski definition) is 4. The van der Waals surface area contributed by atoms with Crippen LogP contribution in [0.2, 0.25) is 0 Å². The van der Waals surface area contributed by atoms with Crippen LogP contribution in [0.3, 0.4) is 0 Å². The maximum Gasteiger partial charge on any atom is 0.239 e. The Labute approximate surface area is 109 Å². The van der Waals surface area contributed by atoms with Gasteiger partial charge in [0, 0.05) is 6.54 Å². The molecule has 0 aliphatic carbocycles. The van der Waals surface area contributed by atoms with E-state index in [-0.39, 0.29) is 30.4 Å². The average Bonchev–Trinajstić information content (AvgIpc) is 2.30. The summed E-state index contributed by atoms with van der Waals surface area (Å²) < 4.78 is 5.27. The lowest BCUT2D eigenvalue weighted by atomic mass is 10.1. The summed E-state index contributed by atoms with van der Waals surface area (Å²) in [6.45, 7) is 8.40. The van der Waals surface area contributed by atoms with Crippen LogP contribution in [-0.4, -0.2) is 43.7 Å². The Bertz CT molecular complexity index is 267. The molecule has 0 fully saturated rings. The van der Waals surface area contributed by atoms with E-state index in [0.29, 0.717) is 13.2 Å². The average molecular weight is 259 g/mol. The number of carbonyl (C=O) groups is 2. The van der Waals surface area contributed by atoms with Crippen LogP contribution in [0.1, 0.15) is 27.7 Å². The van der Waals surface area contributed by atoms with Gasteiger partial charge in [0.05, 0.1) is 25.3 Å². The van der Waals surface area contributed by atoms with Gasteiger partial charge in [-0.1, -0.05) is 13.8 Å². The van der Waals surface area contributed by atoms with Crippen molar-refractivity contribution < 1.29 is 14.3 Å². The smallest absolute Gasteiger partial charge is 0.239 e. The summed E-state index contributed by atoms with van der Waals surface area (Å²) in [5, 5.41) is 5.14. The third-order valence-corrected chi connectivity index (χ3v) is 2.32. The van der Waals surface area contributed by atoms with Crippen molar-refractivity contribution in [1.82, 2.24) is 10.6 Å². The lowest BCUT2D eigenvalue weighted by Gasteiger charge is -2.15. The molecule has 18 heavy (non-hydrogen) atoms. The van der Waals surface area contributed by atoms with E-state index >= 15 is 0 Å². The SMILES string of the molecule is CC(C)OCCNC(=O)CNC(=O)[C@@H](N)C(C)C. The highest BCUT2D eigenvalue weighted by Gasteiger charge is 2.17. The zero-order valence-electron chi connectivity index (χ0n) is 11.7. The number of rotatable bonds is 8. The molecule has 2 amide bonds. The predicted octanol–water partition coefficient (Wildman–Crippen LogP) is -0.373. The molecule has 0 aliphatic heterocycles. The summed E-state index contributed by atoms with van der Waals surface area (Å²) in [6.07, 6.45) is 0.144. The van der Waals surface area contributed by atoms with Gasteiger partial charge in [-0.05, 0) is 19.8 Å². The first-order chi connectivity index (χ1) is 8.34. The quantitative estimate of drug-likeness (QED) is 0.518. The Hall–Kier alpha value is -1.14. The highest BCUT2D eigenvalue weighted by atomic mass is 16.5. The topological polar surface area (TPSA) is 93.5 Å². The molecule has 0 rings (SSSR count). The van der Waals surface area contributed by atoms with E-state index in [1.807, 2.05) is 27.7 Å². The second-order valence-electron chi connectivity index (χ2n) is 4.76. The van der Waals surface area contributed by atoms with E-state index in [4.69, 9.17) is 10.5 Å². The third kappa shape index (κ3) is 8.03. The molecule has 0 heterocycles. The first-order valence-corrected chi connectivity index (χ1v) is 6.26. The van der Waals surface area contributed by atoms with E-state index in [1.165, 1.54) is 0 Å². The minimum Gasteiger partial charge on any atom is -0.377 e. The molecule has 1 atom stereocenters. The van der Waals surface area contributed by atoms with E-state index in [2.05, 4.69) is 10.6 Å². The van der Waals surface area contributed by atoms with Crippen LogP contribution in [0.5, 0.6) is 0 Å². The highest BCUT2D eigenvalue weighted by Crippen LogP contribution is 1.97. The molecule has 106 valence electrons. The maximum atomic E-state index is 11.5. The molecular formula is C12H25N3O3. The van der Waals surface area contributed by atoms with Crippen LogP contribution in [0.4, 0.5) is 0 Å². The summed E-state index contributed by atoms with van der Waals surface area (Å²) in [6, 6.07) is -0.581. The van der Waals surface area contributed by atoms with Crippen LogP contribution in [-0.2, 0) is 14.3 Å². The summed E-state index contributed by atoms with van der Waals surface area (Å²) in [4.78, 5) is 22.8. The first-order valence-electron chi connectivity index (χ1n) is 6.26. The zero-order chi connectivity index (χ0) is 14.1. The molecule has 0 aromatic rings. The molecular weight excluding hydrogens is 234 g/mol. The molecule has 0 bridgehead atoms. The minimum atomic E-state index is -0.581. The van der Waals surface area contributed by atoms with E-state index in [9.17, 15) is 9.59 Å². The lowest BCUT2D eigenvalue weighted by molar-refractivity contribution is -0.127. The normalized spacial score (nSPS) is 12.6. The molecule has 0 aliphatic rings. The first kappa shape index (κ1) is 16.9. The zero-order valence-corrected chi connectivity index (χ0v) is 11.7. The Morgan fingerprint density at radius 1 is 1.17 bits per heavy atom. The van der Waals surface area contributed by atoms with Crippen LogP contribution in [0.25, 0.3) is 0 Å². The summed E-state index contributed by atoms with van der Waals surface area (Å²) in [5.41, 5.74) is 5.64. The molecule has 0 radical (unpaired) electrons. The fourth-order valence-electron chi connectivity index (χ4n) is 1.14. The number of ether oxygens (including phenoxy) is 1. The van der Waals surface area contributed by atoms with Crippen LogP contribution >= 0.6 is 0 Å². The van der Waals surface area contributed by atoms with Gasteiger partial charge in [-0.15, -0.1) is 0 Å². The number of carbonyl (C=O) groups excluding carboxylic acids is 2. The molecule has 0 spiro atoms. The van der Waals surface area contributed by atoms with Gasteiger partial charge in [0.25, 0.3) is 0 Å². The van der Waals surface area contributed by atoms with Crippen LogP contribution in [0, 0.1) is 5.92 Å². The molecule has 6 nitrogen and oxygen atoms in total.